The molecule has 0 spiro atoms. The van der Waals surface area contributed by atoms with E-state index in [0.29, 0.717) is 25.2 Å². The van der Waals surface area contributed by atoms with Crippen molar-refractivity contribution in [1.29, 1.82) is 0 Å². The van der Waals surface area contributed by atoms with Crippen LogP contribution in [0.15, 0.2) is 18.2 Å². The molecule has 9 heteroatoms. The molecule has 1 aliphatic rings. The van der Waals surface area contributed by atoms with E-state index in [1.807, 2.05) is 11.6 Å². The van der Waals surface area contributed by atoms with Crippen LogP contribution in [0.5, 0.6) is 0 Å². The first kappa shape index (κ1) is 18.3. The van der Waals surface area contributed by atoms with E-state index in [9.17, 15) is 9.18 Å². The predicted molar refractivity (Wildman–Crippen MR) is 98.0 cm³/mol. The lowest BCUT2D eigenvalue weighted by Crippen LogP contribution is -2.30. The summed E-state index contributed by atoms with van der Waals surface area (Å²) in [6.07, 6.45) is 1.41. The van der Waals surface area contributed by atoms with Crippen LogP contribution in [0, 0.1) is 5.82 Å². The number of nitrogens with one attached hydrogen (secondary N) is 3. The molecule has 3 N–H and O–H groups in total. The average Bonchev–Trinajstić information content (AvgIpc) is 3.17. The number of benzene rings is 1. The number of imidazole rings is 1. The van der Waals surface area contributed by atoms with Gasteiger partial charge >= 0.3 is 0 Å². The number of carbonyl (C=O) groups is 1. The van der Waals surface area contributed by atoms with Gasteiger partial charge in [0, 0.05) is 50.8 Å². The molecule has 7 nitrogen and oxygen atoms in total. The Labute approximate surface area is 155 Å². The molecular weight excluding hydrogens is 359 g/mol. The summed E-state index contributed by atoms with van der Waals surface area (Å²) in [5, 5.41) is 13.2. The second-order valence-corrected chi connectivity index (χ2v) is 6.18. The third-order valence-corrected chi connectivity index (χ3v) is 4.59. The highest BCUT2D eigenvalue weighted by Crippen LogP contribution is 2.17. The maximum absolute atomic E-state index is 13.4. The topological polar surface area (TPSA) is 87.6 Å². The minimum Gasteiger partial charge on any atom is -0.350 e. The summed E-state index contributed by atoms with van der Waals surface area (Å²) < 4.78 is 15.2. The lowest BCUT2D eigenvalue weighted by molar-refractivity contribution is 0.0947. The second kappa shape index (κ2) is 7.43. The van der Waals surface area contributed by atoms with E-state index in [-0.39, 0.29) is 24.1 Å². The first-order chi connectivity index (χ1) is 12.1. The van der Waals surface area contributed by atoms with E-state index in [4.69, 9.17) is 0 Å². The molecule has 0 saturated carbocycles. The van der Waals surface area contributed by atoms with Gasteiger partial charge in [0.1, 0.15) is 11.6 Å². The number of aromatic amines is 1. The number of halogens is 2. The molecule has 1 aliphatic heterocycles. The Kier molecular flexibility index (Phi) is 5.24. The van der Waals surface area contributed by atoms with Crippen LogP contribution in [0.2, 0.25) is 0 Å². The fourth-order valence-corrected chi connectivity index (χ4v) is 3.22. The lowest BCUT2D eigenvalue weighted by Gasteiger charge is -2.12. The van der Waals surface area contributed by atoms with Crippen molar-refractivity contribution in [3.63, 3.8) is 0 Å². The van der Waals surface area contributed by atoms with Crippen LogP contribution in [0.4, 0.5) is 4.39 Å². The summed E-state index contributed by atoms with van der Waals surface area (Å²) in [4.78, 5) is 16.9. The van der Waals surface area contributed by atoms with Gasteiger partial charge < -0.3 is 15.2 Å². The molecule has 0 unspecified atom stereocenters. The van der Waals surface area contributed by atoms with Gasteiger partial charge in [0.05, 0.1) is 11.0 Å². The highest BCUT2D eigenvalue weighted by Gasteiger charge is 2.21. The number of aromatic nitrogens is 4. The Morgan fingerprint density at radius 2 is 2.27 bits per heavy atom. The molecule has 3 aromatic rings. The Balaban J connectivity index is 0.00000196. The largest absolute Gasteiger partial charge is 0.350 e. The van der Waals surface area contributed by atoms with E-state index < -0.39 is 0 Å². The Morgan fingerprint density at radius 3 is 3.12 bits per heavy atom. The van der Waals surface area contributed by atoms with Crippen LogP contribution in [0.25, 0.3) is 11.0 Å². The zero-order chi connectivity index (χ0) is 17.4. The van der Waals surface area contributed by atoms with E-state index >= 15 is 0 Å². The van der Waals surface area contributed by atoms with Gasteiger partial charge in [0.25, 0.3) is 5.91 Å². The Bertz CT molecular complexity index is 950. The summed E-state index contributed by atoms with van der Waals surface area (Å²) in [6.45, 7) is 1.99. The minimum atomic E-state index is -0.285. The molecule has 1 aromatic carbocycles. The fourth-order valence-electron chi connectivity index (χ4n) is 3.22. The van der Waals surface area contributed by atoms with Crippen molar-refractivity contribution in [2.75, 3.05) is 13.1 Å². The predicted octanol–water partition coefficient (Wildman–Crippen LogP) is 1.48. The van der Waals surface area contributed by atoms with Crippen LogP contribution in [-0.4, -0.2) is 38.7 Å². The summed E-state index contributed by atoms with van der Waals surface area (Å²) >= 11 is 0. The molecule has 138 valence electrons. The standard InChI is InChI=1S/C17H19FN6O.ClH/c1-24-14-8-10(18)2-3-13(14)21-15(24)5-7-20-17(25)16-11-9-19-6-4-12(11)22-23-16;/h2-3,8,19H,4-7,9H2,1H3,(H,20,25)(H,22,23);1H. The maximum atomic E-state index is 13.4. The van der Waals surface area contributed by atoms with E-state index in [1.165, 1.54) is 12.1 Å². The van der Waals surface area contributed by atoms with Gasteiger partial charge in [-0.05, 0) is 18.2 Å². The average molecular weight is 379 g/mol. The number of aryl methyl sites for hydroxylation is 1. The Hall–Kier alpha value is -2.45. The number of nitrogens with zero attached hydrogens (tertiary/aromatic N) is 3. The smallest absolute Gasteiger partial charge is 0.272 e. The van der Waals surface area contributed by atoms with E-state index in [1.54, 1.807) is 6.07 Å². The van der Waals surface area contributed by atoms with Gasteiger partial charge in [-0.25, -0.2) is 9.37 Å². The molecule has 0 fully saturated rings. The van der Waals surface area contributed by atoms with Crippen LogP contribution < -0.4 is 10.6 Å². The number of H-pyrrole nitrogens is 1. The lowest BCUT2D eigenvalue weighted by atomic mass is 10.1. The number of hydrogen-bond acceptors (Lipinski definition) is 4. The maximum Gasteiger partial charge on any atom is 0.272 e. The van der Waals surface area contributed by atoms with Crippen LogP contribution in [0.3, 0.4) is 0 Å². The number of rotatable bonds is 4. The first-order valence-corrected chi connectivity index (χ1v) is 8.29. The van der Waals surface area contributed by atoms with Crippen LogP contribution >= 0.6 is 12.4 Å². The van der Waals surface area contributed by atoms with Crippen molar-refractivity contribution in [3.8, 4) is 0 Å². The van der Waals surface area contributed by atoms with Gasteiger partial charge in [0.15, 0.2) is 5.69 Å². The van der Waals surface area contributed by atoms with Crippen molar-refractivity contribution < 1.29 is 9.18 Å². The van der Waals surface area contributed by atoms with Crippen molar-refractivity contribution in [2.45, 2.75) is 19.4 Å². The van der Waals surface area contributed by atoms with Crippen molar-refractivity contribution in [3.05, 3.63) is 46.8 Å². The van der Waals surface area contributed by atoms with Crippen LogP contribution in [-0.2, 0) is 26.4 Å². The number of fused-ring (bicyclic) bond motifs is 2. The molecular formula is C17H20ClFN6O. The summed E-state index contributed by atoms with van der Waals surface area (Å²) in [5.74, 6) is 0.324. The summed E-state index contributed by atoms with van der Waals surface area (Å²) in [5.41, 5.74) is 3.92. The molecule has 0 radical (unpaired) electrons. The number of hydrogen-bond donors (Lipinski definition) is 3. The van der Waals surface area contributed by atoms with E-state index in [0.717, 1.165) is 41.1 Å². The first-order valence-electron chi connectivity index (χ1n) is 8.29. The third-order valence-electron chi connectivity index (χ3n) is 4.59. The van der Waals surface area contributed by atoms with Crippen molar-refractivity contribution in [2.24, 2.45) is 7.05 Å². The minimum absolute atomic E-state index is 0. The molecule has 26 heavy (non-hydrogen) atoms. The molecule has 2 aromatic heterocycles. The zero-order valence-corrected chi connectivity index (χ0v) is 15.1. The quantitative estimate of drug-likeness (QED) is 0.641. The number of carbonyl (C=O) groups excluding carboxylic acids is 1. The molecule has 0 bridgehead atoms. The van der Waals surface area contributed by atoms with Crippen molar-refractivity contribution in [1.82, 2.24) is 30.4 Å². The van der Waals surface area contributed by atoms with Gasteiger partial charge in [-0.1, -0.05) is 0 Å². The van der Waals surface area contributed by atoms with Crippen molar-refractivity contribution >= 4 is 29.3 Å². The SMILES string of the molecule is Cl.Cn1c(CCNC(=O)c2n[nH]c3c2CNCC3)nc2ccc(F)cc21. The molecule has 0 atom stereocenters. The Morgan fingerprint density at radius 1 is 1.42 bits per heavy atom. The van der Waals surface area contributed by atoms with E-state index in [2.05, 4.69) is 25.8 Å². The molecule has 0 saturated heterocycles. The second-order valence-electron chi connectivity index (χ2n) is 6.18. The highest BCUT2D eigenvalue weighted by atomic mass is 35.5. The summed E-state index contributed by atoms with van der Waals surface area (Å²) in [7, 11) is 1.85. The molecule has 1 amide bonds. The van der Waals surface area contributed by atoms with Gasteiger partial charge in [-0.3, -0.25) is 9.89 Å². The monoisotopic (exact) mass is 378 g/mol. The normalized spacial score (nSPS) is 13.3. The molecule has 4 rings (SSSR count). The van der Waals surface area contributed by atoms with Gasteiger partial charge in [-0.15, -0.1) is 12.4 Å². The fraction of sp³-hybridized carbons (Fsp3) is 0.353. The number of amides is 1. The highest BCUT2D eigenvalue weighted by molar-refractivity contribution is 5.94. The molecule has 0 aliphatic carbocycles. The third kappa shape index (κ3) is 3.30. The van der Waals surface area contributed by atoms with Gasteiger partial charge in [0.2, 0.25) is 0 Å². The zero-order valence-electron chi connectivity index (χ0n) is 14.3. The van der Waals surface area contributed by atoms with Crippen LogP contribution in [0.1, 0.15) is 27.6 Å². The summed E-state index contributed by atoms with van der Waals surface area (Å²) in [6, 6.07) is 4.53. The van der Waals surface area contributed by atoms with Gasteiger partial charge in [-0.2, -0.15) is 5.10 Å². The molecule has 3 heterocycles.